The van der Waals surface area contributed by atoms with E-state index >= 15 is 0 Å². The van der Waals surface area contributed by atoms with Gasteiger partial charge in [0.25, 0.3) is 0 Å². The van der Waals surface area contributed by atoms with Crippen LogP contribution in [0.4, 0.5) is 0 Å². The molecule has 0 aromatic carbocycles. The summed E-state index contributed by atoms with van der Waals surface area (Å²) in [5.41, 5.74) is 0. The molecule has 3 fully saturated rings. The highest BCUT2D eigenvalue weighted by Gasteiger charge is 2.34. The Balaban J connectivity index is 1.46. The molecule has 1 aliphatic heterocycles. The topological polar surface area (TPSA) is 52.7 Å². The second-order valence-electron chi connectivity index (χ2n) is 6.68. The molecule has 1 atom stereocenters. The fourth-order valence-corrected chi connectivity index (χ4v) is 4.30. The van der Waals surface area contributed by atoms with Crippen molar-refractivity contribution in [3.8, 4) is 0 Å². The van der Waals surface area contributed by atoms with Crippen LogP contribution in [0.15, 0.2) is 0 Å². The van der Waals surface area contributed by atoms with E-state index in [1.165, 1.54) is 32.2 Å². The zero-order chi connectivity index (χ0) is 14.2. The van der Waals surface area contributed by atoms with Crippen molar-refractivity contribution in [3.05, 3.63) is 0 Å². The van der Waals surface area contributed by atoms with Crippen molar-refractivity contribution in [2.75, 3.05) is 39.3 Å². The van der Waals surface area contributed by atoms with Crippen LogP contribution in [0.25, 0.3) is 0 Å². The van der Waals surface area contributed by atoms with Crippen LogP contribution in [0.3, 0.4) is 0 Å². The van der Waals surface area contributed by atoms with Gasteiger partial charge < -0.3 is 10.2 Å². The summed E-state index contributed by atoms with van der Waals surface area (Å²) in [6.07, 6.45) is 5.13. The van der Waals surface area contributed by atoms with Crippen molar-refractivity contribution in [2.45, 2.75) is 43.9 Å². The Bertz CT molecular complexity index is 424. The first kappa shape index (κ1) is 14.8. The third-order valence-corrected chi connectivity index (χ3v) is 6.95. The highest BCUT2D eigenvalue weighted by Crippen LogP contribution is 2.30. The highest BCUT2D eigenvalue weighted by molar-refractivity contribution is 7.89. The Hall–Kier alpha value is -0.170. The molecular weight excluding hydrogens is 274 g/mol. The molecule has 0 spiro atoms. The fraction of sp³-hybridized carbons (Fsp3) is 1.00. The van der Waals surface area contributed by atoms with Crippen LogP contribution in [0.5, 0.6) is 0 Å². The van der Waals surface area contributed by atoms with E-state index in [9.17, 15) is 8.42 Å². The first-order chi connectivity index (χ1) is 9.55. The highest BCUT2D eigenvalue weighted by atomic mass is 32.2. The standard InChI is InChI=1S/C14H27N3O2S/c1-12(10-15-14-4-5-14)20(18,19)17-8-6-16(7-9-17)11-13-2-3-13/h12-15H,2-11H2,1H3. The molecule has 0 bridgehead atoms. The monoisotopic (exact) mass is 301 g/mol. The van der Waals surface area contributed by atoms with Gasteiger partial charge in [-0.1, -0.05) is 0 Å². The van der Waals surface area contributed by atoms with Crippen molar-refractivity contribution in [3.63, 3.8) is 0 Å². The van der Waals surface area contributed by atoms with Gasteiger partial charge in [0.2, 0.25) is 10.0 Å². The van der Waals surface area contributed by atoms with Crippen molar-refractivity contribution in [1.82, 2.24) is 14.5 Å². The van der Waals surface area contributed by atoms with Gasteiger partial charge in [-0.2, -0.15) is 4.31 Å². The first-order valence-electron chi connectivity index (χ1n) is 8.00. The lowest BCUT2D eigenvalue weighted by Gasteiger charge is -2.35. The van der Waals surface area contributed by atoms with Gasteiger partial charge in [-0.05, 0) is 38.5 Å². The van der Waals surface area contributed by atoms with Gasteiger partial charge in [0.15, 0.2) is 0 Å². The minimum Gasteiger partial charge on any atom is -0.313 e. The second-order valence-corrected chi connectivity index (χ2v) is 9.03. The Morgan fingerprint density at radius 3 is 2.30 bits per heavy atom. The van der Waals surface area contributed by atoms with Crippen LogP contribution >= 0.6 is 0 Å². The Kier molecular flexibility index (Phi) is 4.36. The Morgan fingerprint density at radius 1 is 1.10 bits per heavy atom. The van der Waals surface area contributed by atoms with E-state index < -0.39 is 10.0 Å². The molecule has 2 aliphatic carbocycles. The molecule has 2 saturated carbocycles. The van der Waals surface area contributed by atoms with Crippen LogP contribution in [0.1, 0.15) is 32.6 Å². The van der Waals surface area contributed by atoms with Crippen LogP contribution in [0, 0.1) is 5.92 Å². The largest absolute Gasteiger partial charge is 0.313 e. The van der Waals surface area contributed by atoms with E-state index in [0.717, 1.165) is 19.0 Å². The average Bonchev–Trinajstić information content (AvgIpc) is 3.31. The van der Waals surface area contributed by atoms with Gasteiger partial charge in [-0.15, -0.1) is 0 Å². The first-order valence-corrected chi connectivity index (χ1v) is 9.51. The molecule has 20 heavy (non-hydrogen) atoms. The zero-order valence-electron chi connectivity index (χ0n) is 12.4. The van der Waals surface area contributed by atoms with Crippen molar-refractivity contribution < 1.29 is 8.42 Å². The molecule has 0 aromatic heterocycles. The molecule has 0 radical (unpaired) electrons. The number of nitrogens with zero attached hydrogens (tertiary/aromatic N) is 2. The SMILES string of the molecule is CC(CNC1CC1)S(=O)(=O)N1CCN(CC2CC2)CC1. The molecule has 5 nitrogen and oxygen atoms in total. The third kappa shape index (κ3) is 3.72. The summed E-state index contributed by atoms with van der Waals surface area (Å²) in [4.78, 5) is 2.43. The van der Waals surface area contributed by atoms with Gasteiger partial charge >= 0.3 is 0 Å². The van der Waals surface area contributed by atoms with E-state index in [0.29, 0.717) is 25.7 Å². The normalized spacial score (nSPS) is 27.6. The van der Waals surface area contributed by atoms with Crippen molar-refractivity contribution in [1.29, 1.82) is 0 Å². The molecule has 3 rings (SSSR count). The lowest BCUT2D eigenvalue weighted by Crippen LogP contribution is -2.52. The number of nitrogens with one attached hydrogen (secondary N) is 1. The molecule has 1 N–H and O–H groups in total. The summed E-state index contributed by atoms with van der Waals surface area (Å²) in [5, 5.41) is 3.02. The fourth-order valence-electron chi connectivity index (χ4n) is 2.81. The van der Waals surface area contributed by atoms with E-state index in [4.69, 9.17) is 0 Å². The molecule has 6 heteroatoms. The Morgan fingerprint density at radius 2 is 1.75 bits per heavy atom. The van der Waals surface area contributed by atoms with E-state index in [-0.39, 0.29) is 5.25 Å². The van der Waals surface area contributed by atoms with E-state index in [2.05, 4.69) is 10.2 Å². The van der Waals surface area contributed by atoms with Crippen LogP contribution in [0.2, 0.25) is 0 Å². The number of hydrogen-bond donors (Lipinski definition) is 1. The predicted octanol–water partition coefficient (Wildman–Crippen LogP) is 0.484. The maximum Gasteiger partial charge on any atom is 0.218 e. The van der Waals surface area contributed by atoms with Gasteiger partial charge in [0.1, 0.15) is 0 Å². The quantitative estimate of drug-likeness (QED) is 0.743. The third-order valence-electron chi connectivity index (χ3n) is 4.68. The summed E-state index contributed by atoms with van der Waals surface area (Å²) in [7, 11) is -3.12. The maximum absolute atomic E-state index is 12.5. The Labute approximate surface area is 122 Å². The number of sulfonamides is 1. The summed E-state index contributed by atoms with van der Waals surface area (Å²) in [6, 6.07) is 0.572. The molecule has 3 aliphatic rings. The lowest BCUT2D eigenvalue weighted by molar-refractivity contribution is 0.181. The maximum atomic E-state index is 12.5. The number of piperazine rings is 1. The van der Waals surface area contributed by atoms with Crippen LogP contribution in [-0.2, 0) is 10.0 Å². The lowest BCUT2D eigenvalue weighted by atomic mass is 10.3. The van der Waals surface area contributed by atoms with Crippen LogP contribution in [-0.4, -0.2) is 68.2 Å². The van der Waals surface area contributed by atoms with Crippen molar-refractivity contribution >= 4 is 10.0 Å². The zero-order valence-corrected chi connectivity index (χ0v) is 13.2. The predicted molar refractivity (Wildman–Crippen MR) is 80.1 cm³/mol. The van der Waals surface area contributed by atoms with E-state index in [1.54, 1.807) is 4.31 Å². The molecule has 116 valence electrons. The molecule has 1 saturated heterocycles. The van der Waals surface area contributed by atoms with Crippen molar-refractivity contribution in [2.24, 2.45) is 5.92 Å². The second kappa shape index (κ2) is 5.91. The van der Waals surface area contributed by atoms with Gasteiger partial charge in [-0.3, -0.25) is 0 Å². The van der Waals surface area contributed by atoms with E-state index in [1.807, 2.05) is 6.92 Å². The smallest absolute Gasteiger partial charge is 0.218 e. The number of hydrogen-bond acceptors (Lipinski definition) is 4. The van der Waals surface area contributed by atoms with Gasteiger partial charge in [0, 0.05) is 45.3 Å². The average molecular weight is 301 g/mol. The molecule has 0 aromatic rings. The minimum absolute atomic E-state index is 0.307. The summed E-state index contributed by atoms with van der Waals surface area (Å²) in [6.45, 7) is 6.74. The van der Waals surface area contributed by atoms with Crippen LogP contribution < -0.4 is 5.32 Å². The summed E-state index contributed by atoms with van der Waals surface area (Å²) in [5.74, 6) is 0.889. The van der Waals surface area contributed by atoms with Gasteiger partial charge in [0.05, 0.1) is 5.25 Å². The number of rotatable bonds is 7. The molecule has 1 unspecified atom stereocenters. The molecule has 0 amide bonds. The molecular formula is C14H27N3O2S. The molecule has 1 heterocycles. The summed E-state index contributed by atoms with van der Waals surface area (Å²) < 4.78 is 26.8. The minimum atomic E-state index is -3.12. The van der Waals surface area contributed by atoms with Gasteiger partial charge in [-0.25, -0.2) is 8.42 Å². The summed E-state index contributed by atoms with van der Waals surface area (Å²) >= 11 is 0.